The van der Waals surface area contributed by atoms with Crippen molar-refractivity contribution in [3.05, 3.63) is 58.1 Å². The van der Waals surface area contributed by atoms with Gasteiger partial charge in [0.05, 0.1) is 29.1 Å². The van der Waals surface area contributed by atoms with Gasteiger partial charge in [0.25, 0.3) is 0 Å². The summed E-state index contributed by atoms with van der Waals surface area (Å²) in [6.45, 7) is 3.58. The average molecular weight is 530 g/mol. The van der Waals surface area contributed by atoms with Gasteiger partial charge in [-0.2, -0.15) is 0 Å². The van der Waals surface area contributed by atoms with E-state index in [9.17, 15) is 18.0 Å². The lowest BCUT2D eigenvalue weighted by atomic mass is 10.1. The van der Waals surface area contributed by atoms with Crippen LogP contribution in [0.15, 0.2) is 42.5 Å². The van der Waals surface area contributed by atoms with E-state index >= 15 is 0 Å². The summed E-state index contributed by atoms with van der Waals surface area (Å²) in [4.78, 5) is 27.7. The van der Waals surface area contributed by atoms with Gasteiger partial charge in [-0.1, -0.05) is 42.3 Å². The molecular formula is C23H29Cl2N3O5S. The fourth-order valence-electron chi connectivity index (χ4n) is 3.39. The highest BCUT2D eigenvalue weighted by atomic mass is 35.5. The molecule has 34 heavy (non-hydrogen) atoms. The Morgan fingerprint density at radius 3 is 2.21 bits per heavy atom. The Kier molecular flexibility index (Phi) is 10.0. The van der Waals surface area contributed by atoms with Gasteiger partial charge >= 0.3 is 0 Å². The lowest BCUT2D eigenvalue weighted by Gasteiger charge is -2.32. The molecule has 2 aromatic rings. The van der Waals surface area contributed by atoms with Crippen molar-refractivity contribution in [2.24, 2.45) is 0 Å². The molecular weight excluding hydrogens is 501 g/mol. The number of benzene rings is 2. The van der Waals surface area contributed by atoms with E-state index in [1.807, 2.05) is 0 Å². The molecule has 0 bridgehead atoms. The van der Waals surface area contributed by atoms with Crippen molar-refractivity contribution in [2.45, 2.75) is 32.9 Å². The molecule has 0 saturated carbocycles. The van der Waals surface area contributed by atoms with Crippen LogP contribution in [-0.2, 0) is 26.2 Å². The molecule has 186 valence electrons. The Morgan fingerprint density at radius 1 is 1.06 bits per heavy atom. The fraction of sp³-hybridized carbons (Fsp3) is 0.391. The molecule has 2 rings (SSSR count). The molecule has 0 aliphatic heterocycles. The molecule has 0 spiro atoms. The maximum Gasteiger partial charge on any atom is 0.244 e. The summed E-state index contributed by atoms with van der Waals surface area (Å²) in [6.07, 6.45) is 1.34. The molecule has 0 unspecified atom stereocenters. The van der Waals surface area contributed by atoms with Gasteiger partial charge in [0, 0.05) is 13.1 Å². The summed E-state index contributed by atoms with van der Waals surface area (Å²) in [5.41, 5.74) is 0.957. The van der Waals surface area contributed by atoms with Gasteiger partial charge < -0.3 is 15.0 Å². The van der Waals surface area contributed by atoms with Crippen LogP contribution in [0.5, 0.6) is 5.75 Å². The molecule has 2 aromatic carbocycles. The van der Waals surface area contributed by atoms with Crippen LogP contribution in [-0.4, -0.2) is 57.6 Å². The smallest absolute Gasteiger partial charge is 0.244 e. The predicted molar refractivity (Wildman–Crippen MR) is 135 cm³/mol. The van der Waals surface area contributed by atoms with Crippen LogP contribution in [0.1, 0.15) is 25.8 Å². The molecule has 1 N–H and O–H groups in total. The lowest BCUT2D eigenvalue weighted by molar-refractivity contribution is -0.140. The van der Waals surface area contributed by atoms with Crippen molar-refractivity contribution in [3.63, 3.8) is 0 Å². The summed E-state index contributed by atoms with van der Waals surface area (Å²) in [7, 11) is -2.30. The lowest BCUT2D eigenvalue weighted by Crippen LogP contribution is -2.52. The van der Waals surface area contributed by atoms with Crippen molar-refractivity contribution < 1.29 is 22.7 Å². The second kappa shape index (κ2) is 12.3. The van der Waals surface area contributed by atoms with Crippen LogP contribution in [0.4, 0.5) is 5.69 Å². The number of likely N-dealkylation sites (N-methyl/N-ethyl adjacent to an activating group) is 1. The van der Waals surface area contributed by atoms with E-state index in [4.69, 9.17) is 27.9 Å². The Morgan fingerprint density at radius 2 is 1.71 bits per heavy atom. The summed E-state index contributed by atoms with van der Waals surface area (Å²) >= 11 is 12.0. The van der Waals surface area contributed by atoms with Gasteiger partial charge in [0.2, 0.25) is 21.8 Å². The number of ether oxygens (including phenoxy) is 1. The minimum atomic E-state index is -3.85. The van der Waals surface area contributed by atoms with E-state index in [1.165, 1.54) is 23.1 Å². The molecule has 0 fully saturated rings. The second-order valence-corrected chi connectivity index (χ2v) is 10.3. The van der Waals surface area contributed by atoms with E-state index in [0.29, 0.717) is 18.7 Å². The highest BCUT2D eigenvalue weighted by molar-refractivity contribution is 7.92. The number of nitrogens with one attached hydrogen (secondary N) is 1. The Balaban J connectivity index is 2.44. The Bertz CT molecular complexity index is 1110. The fourth-order valence-corrected chi connectivity index (χ4v) is 4.53. The summed E-state index contributed by atoms with van der Waals surface area (Å²) < 4.78 is 31.3. The first-order chi connectivity index (χ1) is 16.0. The van der Waals surface area contributed by atoms with Crippen molar-refractivity contribution in [1.29, 1.82) is 0 Å². The van der Waals surface area contributed by atoms with Gasteiger partial charge in [-0.15, -0.1) is 0 Å². The standard InChI is InChI=1S/C23H29Cl2N3O5S/c1-5-21(23(30)26-6-2)27(14-16-7-10-18(33-3)11-8-16)22(29)15-28(34(4,31)32)17-9-12-19(24)20(25)13-17/h7-13,21H,5-6,14-15H2,1-4H3,(H,26,30)/t21-/m0/s1. The SMILES string of the molecule is CCNC(=O)[C@H](CC)N(Cc1ccc(OC)cc1)C(=O)CN(c1ccc(Cl)c(Cl)c1)S(C)(=O)=O. The predicted octanol–water partition coefficient (Wildman–Crippen LogP) is 3.71. The van der Waals surface area contributed by atoms with Crippen molar-refractivity contribution in [3.8, 4) is 5.75 Å². The third-order valence-corrected chi connectivity index (χ3v) is 7.00. The zero-order valence-corrected chi connectivity index (χ0v) is 21.9. The number of amides is 2. The highest BCUT2D eigenvalue weighted by Crippen LogP contribution is 2.28. The van der Waals surface area contributed by atoms with Gasteiger partial charge in [0.1, 0.15) is 18.3 Å². The summed E-state index contributed by atoms with van der Waals surface area (Å²) in [5.74, 6) is -0.196. The summed E-state index contributed by atoms with van der Waals surface area (Å²) in [6, 6.07) is 10.6. The third-order valence-electron chi connectivity index (χ3n) is 5.12. The van der Waals surface area contributed by atoms with E-state index in [0.717, 1.165) is 16.1 Å². The van der Waals surface area contributed by atoms with Crippen LogP contribution < -0.4 is 14.4 Å². The first-order valence-corrected chi connectivity index (χ1v) is 13.2. The largest absolute Gasteiger partial charge is 0.497 e. The zero-order chi connectivity index (χ0) is 25.5. The number of methoxy groups -OCH3 is 1. The van der Waals surface area contributed by atoms with Crippen LogP contribution in [0.25, 0.3) is 0 Å². The number of carbonyl (C=O) groups excluding carboxylic acids is 2. The van der Waals surface area contributed by atoms with Gasteiger partial charge in [-0.3, -0.25) is 13.9 Å². The van der Waals surface area contributed by atoms with Crippen LogP contribution in [0.3, 0.4) is 0 Å². The van der Waals surface area contributed by atoms with Crippen molar-refractivity contribution >= 4 is 50.7 Å². The number of carbonyl (C=O) groups is 2. The monoisotopic (exact) mass is 529 g/mol. The van der Waals surface area contributed by atoms with E-state index < -0.39 is 28.5 Å². The molecule has 8 nitrogen and oxygen atoms in total. The number of sulfonamides is 1. The van der Waals surface area contributed by atoms with Crippen LogP contribution >= 0.6 is 23.2 Å². The third kappa shape index (κ3) is 7.25. The highest BCUT2D eigenvalue weighted by Gasteiger charge is 2.31. The number of hydrogen-bond donors (Lipinski definition) is 1. The van der Waals surface area contributed by atoms with Gasteiger partial charge in [0.15, 0.2) is 0 Å². The van der Waals surface area contributed by atoms with E-state index in [1.54, 1.807) is 45.2 Å². The van der Waals surface area contributed by atoms with Gasteiger partial charge in [-0.05, 0) is 49.2 Å². The molecule has 0 aliphatic carbocycles. The summed E-state index contributed by atoms with van der Waals surface area (Å²) in [5, 5.41) is 3.16. The van der Waals surface area contributed by atoms with Crippen molar-refractivity contribution in [2.75, 3.05) is 30.8 Å². The number of hydrogen-bond acceptors (Lipinski definition) is 5. The number of rotatable bonds is 11. The van der Waals surface area contributed by atoms with E-state index in [-0.39, 0.29) is 28.2 Å². The Hall–Kier alpha value is -2.49. The van der Waals surface area contributed by atoms with E-state index in [2.05, 4.69) is 5.32 Å². The molecule has 0 aliphatic rings. The zero-order valence-electron chi connectivity index (χ0n) is 19.5. The molecule has 2 amide bonds. The topological polar surface area (TPSA) is 96.0 Å². The minimum Gasteiger partial charge on any atom is -0.497 e. The molecule has 0 aromatic heterocycles. The first kappa shape index (κ1) is 27.8. The minimum absolute atomic E-state index is 0.109. The van der Waals surface area contributed by atoms with Gasteiger partial charge in [-0.25, -0.2) is 8.42 Å². The quantitative estimate of drug-likeness (QED) is 0.478. The second-order valence-electron chi connectivity index (χ2n) is 7.56. The Labute approximate surface area is 210 Å². The molecule has 0 radical (unpaired) electrons. The molecule has 11 heteroatoms. The number of anilines is 1. The average Bonchev–Trinajstić information content (AvgIpc) is 2.79. The first-order valence-electron chi connectivity index (χ1n) is 10.6. The molecule has 0 saturated heterocycles. The van der Waals surface area contributed by atoms with Crippen LogP contribution in [0, 0.1) is 0 Å². The number of halogens is 2. The number of nitrogens with zero attached hydrogens (tertiary/aromatic N) is 2. The molecule has 1 atom stereocenters. The maximum atomic E-state index is 13.5. The molecule has 0 heterocycles. The van der Waals surface area contributed by atoms with Crippen molar-refractivity contribution in [1.82, 2.24) is 10.2 Å². The maximum absolute atomic E-state index is 13.5. The normalized spacial score (nSPS) is 12.1. The van der Waals surface area contributed by atoms with Crippen LogP contribution in [0.2, 0.25) is 10.0 Å².